The zero-order chi connectivity index (χ0) is 19.7. The number of hydrogen-bond acceptors (Lipinski definition) is 5. The summed E-state index contributed by atoms with van der Waals surface area (Å²) in [4.78, 5) is 26.7. The topological polar surface area (TPSA) is 77.8 Å². The van der Waals surface area contributed by atoms with Gasteiger partial charge in [0, 0.05) is 25.0 Å². The van der Waals surface area contributed by atoms with Crippen LogP contribution in [-0.2, 0) is 16.0 Å². The van der Waals surface area contributed by atoms with Crippen molar-refractivity contribution >= 4 is 24.3 Å². The molecule has 0 radical (unpaired) electrons. The molecule has 1 unspecified atom stereocenters. The molecular weight excluding hydrogens is 350 g/mol. The second-order valence-corrected chi connectivity index (χ2v) is 7.81. The van der Waals surface area contributed by atoms with E-state index in [1.807, 2.05) is 44.2 Å². The molecule has 2 rings (SSSR count). The lowest BCUT2D eigenvalue weighted by Gasteiger charge is -2.36. The van der Waals surface area contributed by atoms with E-state index >= 15 is 0 Å². The largest absolute Gasteiger partial charge is 0.400 e. The SMILES string of the molecule is CC1(C)CCC[C@H](CC(=O)C(S)Cc2ccccc2)C(=O)N1CO.CO. The summed E-state index contributed by atoms with van der Waals surface area (Å²) in [5, 5.41) is 16.2. The van der Waals surface area contributed by atoms with Gasteiger partial charge in [0.2, 0.25) is 5.91 Å². The van der Waals surface area contributed by atoms with Gasteiger partial charge in [0.25, 0.3) is 0 Å². The van der Waals surface area contributed by atoms with Gasteiger partial charge in [-0.2, -0.15) is 12.6 Å². The van der Waals surface area contributed by atoms with Crippen LogP contribution >= 0.6 is 12.6 Å². The standard InChI is InChI=1S/C19H27NO3S.CH4O/c1-19(2)10-6-9-15(18(23)20(19)13-21)12-16(22)17(24)11-14-7-4-3-5-8-14;1-2/h3-5,7-8,15,17,21,24H,6,9-13H2,1-2H3;2H,1H3/t15-,17?;/m1./s1. The first-order valence-electron chi connectivity index (χ1n) is 8.97. The van der Waals surface area contributed by atoms with Gasteiger partial charge in [-0.1, -0.05) is 36.8 Å². The molecule has 1 amide bonds. The molecule has 0 aliphatic carbocycles. The minimum Gasteiger partial charge on any atom is -0.400 e. The molecule has 6 heteroatoms. The first-order chi connectivity index (χ1) is 12.3. The average Bonchev–Trinajstić information content (AvgIpc) is 2.73. The van der Waals surface area contributed by atoms with Crippen molar-refractivity contribution in [2.24, 2.45) is 5.92 Å². The Balaban J connectivity index is 0.00000163. The Morgan fingerprint density at radius 2 is 1.92 bits per heavy atom. The van der Waals surface area contributed by atoms with E-state index in [1.54, 1.807) is 0 Å². The molecule has 1 heterocycles. The predicted octanol–water partition coefficient (Wildman–Crippen LogP) is 2.45. The van der Waals surface area contributed by atoms with Crippen LogP contribution in [0.5, 0.6) is 0 Å². The summed E-state index contributed by atoms with van der Waals surface area (Å²) in [6.45, 7) is 3.62. The number of rotatable bonds is 6. The third-order valence-corrected chi connectivity index (χ3v) is 5.39. The maximum atomic E-state index is 12.7. The highest BCUT2D eigenvalue weighted by Gasteiger charge is 2.38. The second kappa shape index (κ2) is 10.7. The highest BCUT2D eigenvalue weighted by Crippen LogP contribution is 2.31. The van der Waals surface area contributed by atoms with Gasteiger partial charge in [-0.25, -0.2) is 0 Å². The van der Waals surface area contributed by atoms with Gasteiger partial charge in [-0.3, -0.25) is 9.59 Å². The highest BCUT2D eigenvalue weighted by atomic mass is 32.1. The van der Waals surface area contributed by atoms with Crippen LogP contribution in [0.4, 0.5) is 0 Å². The molecule has 1 aromatic rings. The Hall–Kier alpha value is -1.37. The Labute approximate surface area is 161 Å². The summed E-state index contributed by atoms with van der Waals surface area (Å²) in [7, 11) is 1.00. The van der Waals surface area contributed by atoms with Crippen LogP contribution in [0, 0.1) is 5.92 Å². The number of hydrogen-bond donors (Lipinski definition) is 3. The van der Waals surface area contributed by atoms with E-state index in [-0.39, 0.29) is 36.3 Å². The monoisotopic (exact) mass is 381 g/mol. The minimum absolute atomic E-state index is 0.00173. The average molecular weight is 382 g/mol. The molecule has 2 atom stereocenters. The number of aliphatic hydroxyl groups is 2. The molecule has 0 saturated carbocycles. The number of benzene rings is 1. The molecule has 5 nitrogen and oxygen atoms in total. The number of ketones is 1. The van der Waals surface area contributed by atoms with E-state index in [1.165, 1.54) is 4.90 Å². The number of Topliss-reactive ketones (excluding diaryl/α,β-unsaturated/α-hetero) is 1. The van der Waals surface area contributed by atoms with Gasteiger partial charge < -0.3 is 15.1 Å². The third kappa shape index (κ3) is 6.11. The molecule has 0 bridgehead atoms. The maximum Gasteiger partial charge on any atom is 0.228 e. The van der Waals surface area contributed by atoms with E-state index in [0.29, 0.717) is 12.8 Å². The molecule has 146 valence electrons. The van der Waals surface area contributed by atoms with Gasteiger partial charge in [0.05, 0.1) is 5.25 Å². The van der Waals surface area contributed by atoms with E-state index in [0.717, 1.165) is 25.5 Å². The molecule has 2 N–H and O–H groups in total. The van der Waals surface area contributed by atoms with Crippen molar-refractivity contribution in [3.63, 3.8) is 0 Å². The van der Waals surface area contributed by atoms with Crippen LogP contribution in [0.1, 0.15) is 45.1 Å². The molecule has 1 aliphatic heterocycles. The van der Waals surface area contributed by atoms with Crippen molar-refractivity contribution in [2.75, 3.05) is 13.8 Å². The van der Waals surface area contributed by atoms with Crippen molar-refractivity contribution in [3.8, 4) is 0 Å². The lowest BCUT2D eigenvalue weighted by Crippen LogP contribution is -2.49. The molecule has 1 saturated heterocycles. The van der Waals surface area contributed by atoms with Crippen LogP contribution in [0.3, 0.4) is 0 Å². The molecule has 1 aliphatic rings. The van der Waals surface area contributed by atoms with Crippen LogP contribution in [0.15, 0.2) is 30.3 Å². The summed E-state index contributed by atoms with van der Waals surface area (Å²) < 4.78 is 0. The highest BCUT2D eigenvalue weighted by molar-refractivity contribution is 7.81. The minimum atomic E-state index is -0.404. The fourth-order valence-corrected chi connectivity index (χ4v) is 3.65. The summed E-state index contributed by atoms with van der Waals surface area (Å²) in [6.07, 6.45) is 3.17. The summed E-state index contributed by atoms with van der Waals surface area (Å²) in [5.41, 5.74) is 0.699. The first kappa shape index (κ1) is 22.7. The number of carbonyl (C=O) groups is 2. The first-order valence-corrected chi connectivity index (χ1v) is 9.48. The van der Waals surface area contributed by atoms with Crippen LogP contribution in [-0.4, -0.2) is 51.4 Å². The summed E-state index contributed by atoms with van der Waals surface area (Å²) in [6, 6.07) is 9.77. The van der Waals surface area contributed by atoms with Gasteiger partial charge >= 0.3 is 0 Å². The fourth-order valence-electron chi connectivity index (χ4n) is 3.34. The van der Waals surface area contributed by atoms with Crippen molar-refractivity contribution in [1.29, 1.82) is 0 Å². The number of nitrogens with zero attached hydrogens (tertiary/aromatic N) is 1. The Kier molecular flexibility index (Phi) is 9.33. The Morgan fingerprint density at radius 1 is 1.31 bits per heavy atom. The predicted molar refractivity (Wildman–Crippen MR) is 106 cm³/mol. The zero-order valence-corrected chi connectivity index (χ0v) is 16.8. The summed E-state index contributed by atoms with van der Waals surface area (Å²) >= 11 is 4.45. The normalized spacial score (nSPS) is 20.6. The molecule has 0 aromatic heterocycles. The zero-order valence-electron chi connectivity index (χ0n) is 15.9. The molecular formula is C20H31NO4S. The van der Waals surface area contributed by atoms with Gasteiger partial charge in [-0.15, -0.1) is 0 Å². The molecule has 1 fully saturated rings. The van der Waals surface area contributed by atoms with Crippen LogP contribution in [0.2, 0.25) is 0 Å². The number of thiol groups is 1. The maximum absolute atomic E-state index is 12.7. The van der Waals surface area contributed by atoms with E-state index < -0.39 is 5.25 Å². The number of amides is 1. The van der Waals surface area contributed by atoms with Crippen LogP contribution < -0.4 is 0 Å². The Morgan fingerprint density at radius 3 is 2.50 bits per heavy atom. The third-order valence-electron chi connectivity index (χ3n) is 4.92. The number of carbonyl (C=O) groups excluding carboxylic acids is 2. The van der Waals surface area contributed by atoms with Crippen LogP contribution in [0.25, 0.3) is 0 Å². The lowest BCUT2D eigenvalue weighted by atomic mass is 9.93. The van der Waals surface area contributed by atoms with Gasteiger partial charge in [-0.05, 0) is 38.7 Å². The van der Waals surface area contributed by atoms with E-state index in [4.69, 9.17) is 5.11 Å². The lowest BCUT2D eigenvalue weighted by molar-refractivity contribution is -0.146. The Bertz CT molecular complexity index is 576. The number of aliphatic hydroxyl groups excluding tert-OH is 2. The van der Waals surface area contributed by atoms with Gasteiger partial charge in [0.15, 0.2) is 0 Å². The van der Waals surface area contributed by atoms with E-state index in [9.17, 15) is 14.7 Å². The van der Waals surface area contributed by atoms with Gasteiger partial charge in [0.1, 0.15) is 12.5 Å². The van der Waals surface area contributed by atoms with Crippen molar-refractivity contribution < 1.29 is 19.8 Å². The van der Waals surface area contributed by atoms with Crippen molar-refractivity contribution in [3.05, 3.63) is 35.9 Å². The molecule has 1 aromatic carbocycles. The smallest absolute Gasteiger partial charge is 0.228 e. The second-order valence-electron chi connectivity index (χ2n) is 7.19. The molecule has 0 spiro atoms. The van der Waals surface area contributed by atoms with E-state index in [2.05, 4.69) is 12.6 Å². The quantitative estimate of drug-likeness (QED) is 0.662. The van der Waals surface area contributed by atoms with Crippen molar-refractivity contribution in [1.82, 2.24) is 4.90 Å². The summed E-state index contributed by atoms with van der Waals surface area (Å²) in [5.74, 6) is -0.469. The fraction of sp³-hybridized carbons (Fsp3) is 0.600. The van der Waals surface area contributed by atoms with Crippen molar-refractivity contribution in [2.45, 2.75) is 56.7 Å². The molecule has 26 heavy (non-hydrogen) atoms. The number of likely N-dealkylation sites (tertiary alicyclic amines) is 1.